The fourth-order valence-electron chi connectivity index (χ4n) is 8.47. The third-order valence-electron chi connectivity index (χ3n) is 12.4. The summed E-state index contributed by atoms with van der Waals surface area (Å²) in [5.41, 5.74) is 0. The van der Waals surface area contributed by atoms with E-state index in [9.17, 15) is 28.0 Å². The summed E-state index contributed by atoms with van der Waals surface area (Å²) in [5.74, 6) is -1.44. The second-order valence-electron chi connectivity index (χ2n) is 18.3. The molecule has 0 aliphatic carbocycles. The number of nitrogens with one attached hydrogen (secondary N) is 1. The average Bonchev–Trinajstić information content (AvgIpc) is 3.19. The van der Waals surface area contributed by atoms with Crippen LogP contribution in [0.3, 0.4) is 0 Å². The Bertz CT molecular complexity index is 946. The fourth-order valence-corrected chi connectivity index (χ4v) is 9.22. The molecule has 0 saturated carbocycles. The van der Waals surface area contributed by atoms with Crippen molar-refractivity contribution >= 4 is 16.0 Å². The van der Waals surface area contributed by atoms with Gasteiger partial charge in [-0.25, -0.2) is 0 Å². The number of carbonyl (C=O) groups excluding carboxylic acids is 1. The molecule has 0 saturated heterocycles. The van der Waals surface area contributed by atoms with E-state index in [-0.39, 0.29) is 0 Å². The summed E-state index contributed by atoms with van der Waals surface area (Å²) < 4.78 is 32.8. The molecule has 0 aliphatic rings. The average molecular weight is 844 g/mol. The second-order valence-corrected chi connectivity index (χ2v) is 19.8. The molecule has 0 fully saturated rings. The number of rotatable bonds is 48. The summed E-state index contributed by atoms with van der Waals surface area (Å²) in [4.78, 5) is 12.7. The Hall–Kier alpha value is -0.700. The Kier molecular flexibility index (Phi) is 43.8. The van der Waals surface area contributed by atoms with Crippen molar-refractivity contribution in [2.45, 2.75) is 308 Å². The van der Waals surface area contributed by atoms with Gasteiger partial charge in [-0.1, -0.05) is 277 Å². The maximum Gasteiger partial charge on any atom is 0.266 e. The Morgan fingerprint density at radius 2 is 0.621 bits per heavy atom. The molecule has 3 atom stereocenters. The van der Waals surface area contributed by atoms with Gasteiger partial charge in [-0.05, 0) is 12.8 Å². The van der Waals surface area contributed by atoms with Crippen LogP contribution < -0.4 is 5.32 Å². The zero-order valence-corrected chi connectivity index (χ0v) is 39.6. The summed E-state index contributed by atoms with van der Waals surface area (Å²) >= 11 is 0. The maximum absolute atomic E-state index is 12.7. The highest BCUT2D eigenvalue weighted by Crippen LogP contribution is 2.18. The molecule has 0 aliphatic heterocycles. The standard InChI is InChI=1S/C50H101NO6S/c1-3-5-7-9-11-13-15-17-19-21-23-25-27-28-30-32-34-36-38-40-42-44-48(52)47(46-58(55,56)57)51-50(54)49(53)45-43-41-39-37-35-33-31-29-26-24-22-20-18-16-14-12-10-8-6-4-2/h47-49,52-53H,3-46H2,1-2H3,(H,51,54)(H,55,56,57). The number of hydrogen-bond donors (Lipinski definition) is 4. The van der Waals surface area contributed by atoms with E-state index >= 15 is 0 Å². The van der Waals surface area contributed by atoms with Crippen LogP contribution in [0, 0.1) is 0 Å². The molecule has 58 heavy (non-hydrogen) atoms. The van der Waals surface area contributed by atoms with Crippen LogP contribution in [0.4, 0.5) is 0 Å². The lowest BCUT2D eigenvalue weighted by Gasteiger charge is -2.24. The molecule has 0 bridgehead atoms. The van der Waals surface area contributed by atoms with Gasteiger partial charge in [0, 0.05) is 0 Å². The number of hydrogen-bond acceptors (Lipinski definition) is 5. The molecule has 0 aromatic heterocycles. The van der Waals surface area contributed by atoms with Gasteiger partial charge in [0.15, 0.2) is 0 Å². The van der Waals surface area contributed by atoms with Gasteiger partial charge in [0.2, 0.25) is 5.91 Å². The topological polar surface area (TPSA) is 124 Å². The van der Waals surface area contributed by atoms with Crippen LogP contribution in [0.2, 0.25) is 0 Å². The predicted octanol–water partition coefficient (Wildman–Crippen LogP) is 14.9. The Labute approximate surface area is 362 Å². The smallest absolute Gasteiger partial charge is 0.266 e. The van der Waals surface area contributed by atoms with Gasteiger partial charge in [-0.15, -0.1) is 0 Å². The summed E-state index contributed by atoms with van der Waals surface area (Å²) in [7, 11) is -4.41. The largest absolute Gasteiger partial charge is 0.391 e. The van der Waals surface area contributed by atoms with Crippen LogP contribution >= 0.6 is 0 Å². The number of carbonyl (C=O) groups is 1. The minimum Gasteiger partial charge on any atom is -0.391 e. The molecule has 4 N–H and O–H groups in total. The lowest BCUT2D eigenvalue weighted by atomic mass is 10.0. The molecule has 0 aromatic rings. The minimum atomic E-state index is -4.41. The van der Waals surface area contributed by atoms with E-state index in [1.807, 2.05) is 0 Å². The Morgan fingerprint density at radius 3 is 0.862 bits per heavy atom. The van der Waals surface area contributed by atoms with Crippen molar-refractivity contribution in [3.8, 4) is 0 Å². The summed E-state index contributed by atoms with van der Waals surface area (Å²) in [6.07, 6.45) is 51.3. The first-order valence-corrected chi connectivity index (χ1v) is 27.4. The van der Waals surface area contributed by atoms with Gasteiger partial charge in [0.25, 0.3) is 10.1 Å². The zero-order valence-electron chi connectivity index (χ0n) is 38.8. The van der Waals surface area contributed by atoms with Gasteiger partial charge in [-0.2, -0.15) is 8.42 Å². The Balaban J connectivity index is 3.81. The third kappa shape index (κ3) is 43.4. The monoisotopic (exact) mass is 844 g/mol. The summed E-state index contributed by atoms with van der Waals surface area (Å²) in [5, 5.41) is 23.7. The molecule has 0 aromatic carbocycles. The van der Waals surface area contributed by atoms with Gasteiger partial charge < -0.3 is 15.5 Å². The predicted molar refractivity (Wildman–Crippen MR) is 250 cm³/mol. The highest BCUT2D eigenvalue weighted by atomic mass is 32.2. The summed E-state index contributed by atoms with van der Waals surface area (Å²) in [6.45, 7) is 4.55. The van der Waals surface area contributed by atoms with Crippen LogP contribution in [0.1, 0.15) is 290 Å². The van der Waals surface area contributed by atoms with Crippen LogP contribution in [-0.2, 0) is 14.9 Å². The molecule has 0 heterocycles. The van der Waals surface area contributed by atoms with E-state index in [0.29, 0.717) is 12.8 Å². The number of aliphatic hydroxyl groups is 2. The quantitative estimate of drug-likeness (QED) is 0.0357. The zero-order chi connectivity index (χ0) is 42.6. The van der Waals surface area contributed by atoms with Gasteiger partial charge in [0.1, 0.15) is 6.10 Å². The van der Waals surface area contributed by atoms with Crippen LogP contribution in [-0.4, -0.2) is 53.1 Å². The molecule has 348 valence electrons. The van der Waals surface area contributed by atoms with E-state index in [1.165, 1.54) is 218 Å². The molecule has 1 amide bonds. The van der Waals surface area contributed by atoms with E-state index in [1.54, 1.807) is 0 Å². The van der Waals surface area contributed by atoms with Crippen molar-refractivity contribution in [1.29, 1.82) is 0 Å². The number of aliphatic hydroxyl groups excluding tert-OH is 2. The van der Waals surface area contributed by atoms with Crippen molar-refractivity contribution in [1.82, 2.24) is 5.32 Å². The van der Waals surface area contributed by atoms with Gasteiger partial charge in [0.05, 0.1) is 17.9 Å². The van der Waals surface area contributed by atoms with E-state index in [0.717, 1.165) is 44.9 Å². The molecule has 0 radical (unpaired) electrons. The van der Waals surface area contributed by atoms with Crippen LogP contribution in [0.5, 0.6) is 0 Å². The van der Waals surface area contributed by atoms with Crippen LogP contribution in [0.25, 0.3) is 0 Å². The van der Waals surface area contributed by atoms with Crippen molar-refractivity contribution in [2.75, 3.05) is 5.75 Å². The molecule has 0 rings (SSSR count). The highest BCUT2D eigenvalue weighted by Gasteiger charge is 2.28. The normalized spacial score (nSPS) is 13.5. The van der Waals surface area contributed by atoms with Crippen molar-refractivity contribution in [3.05, 3.63) is 0 Å². The number of unbranched alkanes of at least 4 members (excludes halogenated alkanes) is 39. The van der Waals surface area contributed by atoms with E-state index in [4.69, 9.17) is 0 Å². The SMILES string of the molecule is CCCCCCCCCCCCCCCCCCCCCCCC(O)C(CS(=O)(=O)O)NC(=O)C(O)CCCCCCCCCCCCCCCCCCCCCC. The van der Waals surface area contributed by atoms with Crippen molar-refractivity contribution in [3.63, 3.8) is 0 Å². The van der Waals surface area contributed by atoms with Crippen molar-refractivity contribution in [2.24, 2.45) is 0 Å². The van der Waals surface area contributed by atoms with Gasteiger partial charge >= 0.3 is 0 Å². The molecular formula is C50H101NO6S. The molecule has 8 heteroatoms. The molecule has 3 unspecified atom stereocenters. The Morgan fingerprint density at radius 1 is 0.397 bits per heavy atom. The first-order chi connectivity index (χ1) is 28.2. The first-order valence-electron chi connectivity index (χ1n) is 25.8. The van der Waals surface area contributed by atoms with E-state index < -0.39 is 40.0 Å². The fraction of sp³-hybridized carbons (Fsp3) is 0.980. The molecule has 0 spiro atoms. The summed E-state index contributed by atoms with van der Waals surface area (Å²) in [6, 6.07) is -1.14. The van der Waals surface area contributed by atoms with E-state index in [2.05, 4.69) is 19.2 Å². The lowest BCUT2D eigenvalue weighted by molar-refractivity contribution is -0.131. The first kappa shape index (κ1) is 57.3. The number of amides is 1. The van der Waals surface area contributed by atoms with Crippen molar-refractivity contribution < 1.29 is 28.0 Å². The lowest BCUT2D eigenvalue weighted by Crippen LogP contribution is -2.50. The third-order valence-corrected chi connectivity index (χ3v) is 13.2. The van der Waals surface area contributed by atoms with Gasteiger partial charge in [-0.3, -0.25) is 9.35 Å². The molecular weight excluding hydrogens is 743 g/mol. The second kappa shape index (κ2) is 44.4. The maximum atomic E-state index is 12.7. The van der Waals surface area contributed by atoms with Crippen LogP contribution in [0.15, 0.2) is 0 Å². The molecule has 7 nitrogen and oxygen atoms in total. The minimum absolute atomic E-state index is 0.304. The highest BCUT2D eigenvalue weighted by molar-refractivity contribution is 7.85.